The van der Waals surface area contributed by atoms with Gasteiger partial charge in [-0.3, -0.25) is 4.79 Å². The molecular formula is C16H13FN4O2. The molecule has 0 aliphatic rings. The number of carbonyl (C=O) groups is 1. The summed E-state index contributed by atoms with van der Waals surface area (Å²) in [6.07, 6.45) is 0. The first-order chi connectivity index (χ1) is 11.2. The van der Waals surface area contributed by atoms with Crippen molar-refractivity contribution in [2.24, 2.45) is 5.73 Å². The maximum Gasteiger partial charge on any atom is 0.271 e. The van der Waals surface area contributed by atoms with Crippen molar-refractivity contribution in [3.8, 4) is 17.0 Å². The molecule has 0 saturated carbocycles. The topological polar surface area (TPSA) is 93.9 Å². The molecule has 0 fully saturated rings. The molecule has 0 bridgehead atoms. The average Bonchev–Trinajstić information content (AvgIpc) is 3.04. The summed E-state index contributed by atoms with van der Waals surface area (Å²) in [5, 5.41) is 10.1. The number of nitrogens with one attached hydrogen (secondary N) is 1. The number of nitrogens with zero attached hydrogens (tertiary/aromatic N) is 2. The number of aromatic nitrogens is 3. The Balaban J connectivity index is 1.91. The summed E-state index contributed by atoms with van der Waals surface area (Å²) in [6.45, 7) is 0.113. The lowest BCUT2D eigenvalue weighted by molar-refractivity contribution is 0.0996. The smallest absolute Gasteiger partial charge is 0.271 e. The molecule has 3 aromatic rings. The summed E-state index contributed by atoms with van der Waals surface area (Å²) in [4.78, 5) is 11.4. The fraction of sp³-hybridized carbons (Fsp3) is 0.0625. The molecule has 3 rings (SSSR count). The number of nitrogens with two attached hydrogens (primary N) is 1. The molecule has 6 nitrogen and oxygen atoms in total. The number of primary amides is 1. The van der Waals surface area contributed by atoms with Crippen molar-refractivity contribution in [2.45, 2.75) is 6.61 Å². The summed E-state index contributed by atoms with van der Waals surface area (Å²) < 4.78 is 19.1. The Labute approximate surface area is 131 Å². The average molecular weight is 312 g/mol. The molecule has 23 heavy (non-hydrogen) atoms. The molecule has 0 spiro atoms. The standard InChI is InChI=1S/C16H13FN4O2/c17-12-7-3-4-8-13(12)23-9-10-5-1-2-6-11(10)14-15(16(18)22)20-21-19-14/h1-8H,9H2,(H2,18,22)(H,19,20,21). The molecule has 116 valence electrons. The number of hydrogen-bond acceptors (Lipinski definition) is 4. The van der Waals surface area contributed by atoms with Gasteiger partial charge < -0.3 is 10.5 Å². The Kier molecular flexibility index (Phi) is 4.01. The molecule has 0 aliphatic carbocycles. The first kappa shape index (κ1) is 14.7. The predicted molar refractivity (Wildman–Crippen MR) is 81.1 cm³/mol. The second kappa shape index (κ2) is 6.27. The minimum absolute atomic E-state index is 0.0448. The number of carbonyl (C=O) groups excluding carboxylic acids is 1. The summed E-state index contributed by atoms with van der Waals surface area (Å²) in [5.74, 6) is -0.972. The molecule has 1 aromatic heterocycles. The van der Waals surface area contributed by atoms with Crippen LogP contribution in [0.15, 0.2) is 48.5 Å². The van der Waals surface area contributed by atoms with Crippen LogP contribution in [-0.4, -0.2) is 21.3 Å². The highest BCUT2D eigenvalue weighted by Crippen LogP contribution is 2.25. The van der Waals surface area contributed by atoms with E-state index < -0.39 is 11.7 Å². The number of rotatable bonds is 5. The molecule has 0 saturated heterocycles. The number of aromatic amines is 1. The van der Waals surface area contributed by atoms with E-state index in [-0.39, 0.29) is 18.1 Å². The highest BCUT2D eigenvalue weighted by molar-refractivity contribution is 5.97. The van der Waals surface area contributed by atoms with E-state index in [1.807, 2.05) is 6.07 Å². The van der Waals surface area contributed by atoms with Gasteiger partial charge in [-0.2, -0.15) is 15.4 Å². The van der Waals surface area contributed by atoms with Gasteiger partial charge in [0, 0.05) is 5.56 Å². The normalized spacial score (nSPS) is 10.5. The second-order valence-electron chi connectivity index (χ2n) is 4.76. The number of hydrogen-bond donors (Lipinski definition) is 2. The second-order valence-corrected chi connectivity index (χ2v) is 4.76. The van der Waals surface area contributed by atoms with Crippen LogP contribution in [0.3, 0.4) is 0 Å². The predicted octanol–water partition coefficient (Wildman–Crippen LogP) is 2.29. The van der Waals surface area contributed by atoms with Crippen molar-refractivity contribution < 1.29 is 13.9 Å². The van der Waals surface area contributed by atoms with Crippen molar-refractivity contribution in [1.82, 2.24) is 15.4 Å². The Morgan fingerprint density at radius 3 is 2.65 bits per heavy atom. The zero-order valence-electron chi connectivity index (χ0n) is 12.0. The molecule has 3 N–H and O–H groups in total. The maximum atomic E-state index is 13.6. The van der Waals surface area contributed by atoms with Crippen LogP contribution in [0.1, 0.15) is 16.1 Å². The lowest BCUT2D eigenvalue weighted by atomic mass is 10.0. The molecule has 7 heteroatoms. The number of amides is 1. The maximum absolute atomic E-state index is 13.6. The van der Waals surface area contributed by atoms with Crippen molar-refractivity contribution >= 4 is 5.91 Å². The third kappa shape index (κ3) is 3.03. The van der Waals surface area contributed by atoms with Crippen LogP contribution < -0.4 is 10.5 Å². The molecule has 2 aromatic carbocycles. The number of ether oxygens (including phenoxy) is 1. The molecule has 0 unspecified atom stereocenters. The van der Waals surface area contributed by atoms with E-state index in [1.165, 1.54) is 6.07 Å². The molecule has 0 atom stereocenters. The van der Waals surface area contributed by atoms with Crippen LogP contribution in [0, 0.1) is 5.82 Å². The molecular weight excluding hydrogens is 299 g/mol. The Hall–Kier alpha value is -3.22. The highest BCUT2D eigenvalue weighted by atomic mass is 19.1. The zero-order chi connectivity index (χ0) is 16.2. The van der Waals surface area contributed by atoms with Gasteiger partial charge in [-0.25, -0.2) is 4.39 Å². The van der Waals surface area contributed by atoms with Gasteiger partial charge in [-0.1, -0.05) is 36.4 Å². The Morgan fingerprint density at radius 1 is 1.13 bits per heavy atom. The molecule has 0 radical (unpaired) electrons. The number of H-pyrrole nitrogens is 1. The highest BCUT2D eigenvalue weighted by Gasteiger charge is 2.18. The van der Waals surface area contributed by atoms with Crippen LogP contribution in [0.25, 0.3) is 11.3 Å². The van der Waals surface area contributed by atoms with Gasteiger partial charge >= 0.3 is 0 Å². The molecule has 1 amide bonds. The van der Waals surface area contributed by atoms with E-state index in [2.05, 4.69) is 15.4 Å². The van der Waals surface area contributed by atoms with Crippen molar-refractivity contribution in [3.63, 3.8) is 0 Å². The fourth-order valence-electron chi connectivity index (χ4n) is 2.18. The van der Waals surface area contributed by atoms with E-state index in [0.29, 0.717) is 11.3 Å². The Morgan fingerprint density at radius 2 is 1.87 bits per heavy atom. The SMILES string of the molecule is NC(=O)c1n[nH]nc1-c1ccccc1COc1ccccc1F. The number of benzene rings is 2. The van der Waals surface area contributed by atoms with E-state index in [1.54, 1.807) is 36.4 Å². The van der Waals surface area contributed by atoms with Gasteiger partial charge in [0.2, 0.25) is 0 Å². The summed E-state index contributed by atoms with van der Waals surface area (Å²) in [6, 6.07) is 13.3. The first-order valence-corrected chi connectivity index (χ1v) is 6.83. The molecule has 1 heterocycles. The van der Waals surface area contributed by atoms with E-state index in [4.69, 9.17) is 10.5 Å². The molecule has 0 aliphatic heterocycles. The van der Waals surface area contributed by atoms with Crippen molar-refractivity contribution in [3.05, 3.63) is 65.6 Å². The van der Waals surface area contributed by atoms with Crippen LogP contribution in [0.4, 0.5) is 4.39 Å². The van der Waals surface area contributed by atoms with Gasteiger partial charge in [0.1, 0.15) is 12.3 Å². The summed E-state index contributed by atoms with van der Waals surface area (Å²) in [7, 11) is 0. The van der Waals surface area contributed by atoms with Gasteiger partial charge in [0.15, 0.2) is 17.3 Å². The van der Waals surface area contributed by atoms with Crippen LogP contribution in [-0.2, 0) is 6.61 Å². The van der Waals surface area contributed by atoms with Gasteiger partial charge in [0.05, 0.1) is 0 Å². The first-order valence-electron chi connectivity index (χ1n) is 6.83. The summed E-state index contributed by atoms with van der Waals surface area (Å²) in [5.41, 5.74) is 7.05. The fourth-order valence-corrected chi connectivity index (χ4v) is 2.18. The van der Waals surface area contributed by atoms with Crippen LogP contribution in [0.5, 0.6) is 5.75 Å². The largest absolute Gasteiger partial charge is 0.486 e. The number of halogens is 1. The van der Waals surface area contributed by atoms with Gasteiger partial charge in [-0.05, 0) is 17.7 Å². The lowest BCUT2D eigenvalue weighted by Gasteiger charge is -2.10. The van der Waals surface area contributed by atoms with Gasteiger partial charge in [0.25, 0.3) is 5.91 Å². The zero-order valence-corrected chi connectivity index (χ0v) is 12.0. The van der Waals surface area contributed by atoms with Crippen molar-refractivity contribution in [2.75, 3.05) is 0 Å². The Bertz CT molecular complexity index is 847. The van der Waals surface area contributed by atoms with E-state index >= 15 is 0 Å². The van der Waals surface area contributed by atoms with E-state index in [9.17, 15) is 9.18 Å². The number of para-hydroxylation sites is 1. The minimum Gasteiger partial charge on any atom is -0.486 e. The monoisotopic (exact) mass is 312 g/mol. The summed E-state index contributed by atoms with van der Waals surface area (Å²) >= 11 is 0. The third-order valence-electron chi connectivity index (χ3n) is 3.27. The van der Waals surface area contributed by atoms with Gasteiger partial charge in [-0.15, -0.1) is 0 Å². The van der Waals surface area contributed by atoms with Crippen LogP contribution in [0.2, 0.25) is 0 Å². The quantitative estimate of drug-likeness (QED) is 0.756. The van der Waals surface area contributed by atoms with E-state index in [0.717, 1.165) is 5.56 Å². The minimum atomic E-state index is -0.682. The van der Waals surface area contributed by atoms with Crippen molar-refractivity contribution in [1.29, 1.82) is 0 Å². The third-order valence-corrected chi connectivity index (χ3v) is 3.27. The lowest BCUT2D eigenvalue weighted by Crippen LogP contribution is -2.13. The van der Waals surface area contributed by atoms with Crippen LogP contribution >= 0.6 is 0 Å².